The lowest BCUT2D eigenvalue weighted by molar-refractivity contribution is 0.322. The zero-order valence-electron chi connectivity index (χ0n) is 11.2. The van der Waals surface area contributed by atoms with E-state index < -0.39 is 0 Å². The molecule has 1 aromatic carbocycles. The Balaban J connectivity index is 1.91. The minimum atomic E-state index is 0.720. The van der Waals surface area contributed by atoms with Gasteiger partial charge < -0.3 is 5.32 Å². The molecule has 1 heterocycles. The summed E-state index contributed by atoms with van der Waals surface area (Å²) in [5.41, 5.74) is 3.03. The molecule has 1 aliphatic heterocycles. The Morgan fingerprint density at radius 1 is 1.24 bits per heavy atom. The molecule has 1 fully saturated rings. The molecule has 0 amide bonds. The van der Waals surface area contributed by atoms with Crippen molar-refractivity contribution in [1.82, 2.24) is 5.32 Å². The lowest BCUT2D eigenvalue weighted by Crippen LogP contribution is -2.37. The molecule has 1 aromatic rings. The molecular formula is C16H25N. The van der Waals surface area contributed by atoms with Crippen molar-refractivity contribution in [3.63, 3.8) is 0 Å². The smallest absolute Gasteiger partial charge is 0.00389 e. The fourth-order valence-electron chi connectivity index (χ4n) is 2.77. The lowest BCUT2D eigenvalue weighted by Gasteiger charge is -2.27. The van der Waals surface area contributed by atoms with E-state index in [0.29, 0.717) is 0 Å². The lowest BCUT2D eigenvalue weighted by atomic mass is 9.89. The maximum atomic E-state index is 3.59. The third kappa shape index (κ3) is 3.85. The van der Waals surface area contributed by atoms with E-state index in [9.17, 15) is 0 Å². The average Bonchev–Trinajstić information content (AvgIpc) is 2.33. The molecule has 0 aromatic heterocycles. The SMILES string of the molecule is CCCc1cccc(CC2CCC(C)NC2)c1. The third-order valence-corrected chi connectivity index (χ3v) is 3.82. The molecule has 1 nitrogen and oxygen atoms in total. The first-order valence-corrected chi connectivity index (χ1v) is 7.09. The van der Waals surface area contributed by atoms with Crippen molar-refractivity contribution in [2.45, 2.75) is 52.0 Å². The Morgan fingerprint density at radius 2 is 2.06 bits per heavy atom. The number of aryl methyl sites for hydroxylation is 1. The quantitative estimate of drug-likeness (QED) is 0.835. The highest BCUT2D eigenvalue weighted by atomic mass is 14.9. The van der Waals surface area contributed by atoms with Crippen LogP contribution >= 0.6 is 0 Å². The van der Waals surface area contributed by atoms with Gasteiger partial charge in [-0.3, -0.25) is 0 Å². The first kappa shape index (κ1) is 12.6. The fraction of sp³-hybridized carbons (Fsp3) is 0.625. The summed E-state index contributed by atoms with van der Waals surface area (Å²) >= 11 is 0. The number of hydrogen-bond acceptors (Lipinski definition) is 1. The van der Waals surface area contributed by atoms with Gasteiger partial charge in [-0.1, -0.05) is 37.6 Å². The molecule has 1 aliphatic rings. The second-order valence-corrected chi connectivity index (χ2v) is 5.53. The summed E-state index contributed by atoms with van der Waals surface area (Å²) in [6.07, 6.45) is 6.42. The standard InChI is InChI=1S/C16H25N/c1-3-5-14-6-4-7-15(10-14)11-16-9-8-13(2)17-12-16/h4,6-7,10,13,16-17H,3,5,8-9,11-12H2,1-2H3. The van der Waals surface area contributed by atoms with Gasteiger partial charge in [0.25, 0.3) is 0 Å². The van der Waals surface area contributed by atoms with Gasteiger partial charge in [0, 0.05) is 6.04 Å². The molecule has 0 radical (unpaired) electrons. The van der Waals surface area contributed by atoms with Crippen molar-refractivity contribution < 1.29 is 0 Å². The van der Waals surface area contributed by atoms with Gasteiger partial charge in [0.1, 0.15) is 0 Å². The van der Waals surface area contributed by atoms with E-state index in [4.69, 9.17) is 0 Å². The van der Waals surface area contributed by atoms with Crippen LogP contribution in [0.4, 0.5) is 0 Å². The van der Waals surface area contributed by atoms with Crippen LogP contribution in [0.3, 0.4) is 0 Å². The number of hydrogen-bond donors (Lipinski definition) is 1. The van der Waals surface area contributed by atoms with Crippen LogP contribution in [0.5, 0.6) is 0 Å². The summed E-state index contributed by atoms with van der Waals surface area (Å²) in [5, 5.41) is 3.59. The van der Waals surface area contributed by atoms with Gasteiger partial charge in [0.15, 0.2) is 0 Å². The molecule has 17 heavy (non-hydrogen) atoms. The maximum absolute atomic E-state index is 3.59. The molecule has 0 aliphatic carbocycles. The van der Waals surface area contributed by atoms with Gasteiger partial charge >= 0.3 is 0 Å². The van der Waals surface area contributed by atoms with Crippen molar-refractivity contribution in [2.75, 3.05) is 6.54 Å². The van der Waals surface area contributed by atoms with Crippen molar-refractivity contribution in [3.05, 3.63) is 35.4 Å². The van der Waals surface area contributed by atoms with E-state index in [2.05, 4.69) is 43.4 Å². The third-order valence-electron chi connectivity index (χ3n) is 3.82. The topological polar surface area (TPSA) is 12.0 Å². The molecule has 1 saturated heterocycles. The predicted molar refractivity (Wildman–Crippen MR) is 74.3 cm³/mol. The zero-order chi connectivity index (χ0) is 12.1. The molecule has 0 spiro atoms. The second-order valence-electron chi connectivity index (χ2n) is 5.53. The van der Waals surface area contributed by atoms with Gasteiger partial charge in [0.2, 0.25) is 0 Å². The van der Waals surface area contributed by atoms with E-state index >= 15 is 0 Å². The van der Waals surface area contributed by atoms with Gasteiger partial charge in [-0.2, -0.15) is 0 Å². The van der Waals surface area contributed by atoms with Gasteiger partial charge in [0.05, 0.1) is 0 Å². The number of rotatable bonds is 4. The Hall–Kier alpha value is -0.820. The van der Waals surface area contributed by atoms with E-state index in [1.54, 1.807) is 0 Å². The summed E-state index contributed by atoms with van der Waals surface area (Å²) < 4.78 is 0. The van der Waals surface area contributed by atoms with E-state index in [-0.39, 0.29) is 0 Å². The molecule has 2 rings (SSSR count). The summed E-state index contributed by atoms with van der Waals surface area (Å²) in [6, 6.07) is 9.89. The first-order valence-electron chi connectivity index (χ1n) is 7.09. The Bertz CT molecular complexity index is 337. The summed E-state index contributed by atoms with van der Waals surface area (Å²) in [5.74, 6) is 0.836. The molecule has 1 heteroatoms. The van der Waals surface area contributed by atoms with Crippen LogP contribution in [-0.2, 0) is 12.8 Å². The van der Waals surface area contributed by atoms with Crippen LogP contribution < -0.4 is 5.32 Å². The summed E-state index contributed by atoms with van der Waals surface area (Å²) in [6.45, 7) is 5.73. The van der Waals surface area contributed by atoms with Crippen molar-refractivity contribution in [2.24, 2.45) is 5.92 Å². The van der Waals surface area contributed by atoms with Crippen molar-refractivity contribution in [1.29, 1.82) is 0 Å². The van der Waals surface area contributed by atoms with E-state index in [1.807, 2.05) is 0 Å². The molecule has 1 N–H and O–H groups in total. The number of nitrogens with one attached hydrogen (secondary N) is 1. The Morgan fingerprint density at radius 3 is 2.76 bits per heavy atom. The van der Waals surface area contributed by atoms with Crippen LogP contribution in [0.25, 0.3) is 0 Å². The molecule has 0 bridgehead atoms. The monoisotopic (exact) mass is 231 g/mol. The minimum absolute atomic E-state index is 0.720. The number of piperidine rings is 1. The molecule has 2 unspecified atom stereocenters. The average molecular weight is 231 g/mol. The van der Waals surface area contributed by atoms with Crippen LogP contribution in [0.15, 0.2) is 24.3 Å². The molecule has 94 valence electrons. The number of benzene rings is 1. The van der Waals surface area contributed by atoms with Crippen LogP contribution in [0.1, 0.15) is 44.2 Å². The molecular weight excluding hydrogens is 206 g/mol. The van der Waals surface area contributed by atoms with Crippen LogP contribution in [-0.4, -0.2) is 12.6 Å². The van der Waals surface area contributed by atoms with Crippen molar-refractivity contribution >= 4 is 0 Å². The van der Waals surface area contributed by atoms with Gasteiger partial charge in [-0.15, -0.1) is 0 Å². The van der Waals surface area contributed by atoms with Gasteiger partial charge in [-0.05, 0) is 56.2 Å². The fourth-order valence-corrected chi connectivity index (χ4v) is 2.77. The Labute approximate surface area is 106 Å². The maximum Gasteiger partial charge on any atom is 0.00389 e. The first-order chi connectivity index (χ1) is 8.28. The normalized spacial score (nSPS) is 24.8. The predicted octanol–water partition coefficient (Wildman–Crippen LogP) is 3.57. The van der Waals surface area contributed by atoms with Crippen LogP contribution in [0.2, 0.25) is 0 Å². The van der Waals surface area contributed by atoms with E-state index in [0.717, 1.165) is 12.0 Å². The highest BCUT2D eigenvalue weighted by Gasteiger charge is 2.17. The zero-order valence-corrected chi connectivity index (χ0v) is 11.2. The highest BCUT2D eigenvalue weighted by molar-refractivity contribution is 5.24. The molecule has 0 saturated carbocycles. The van der Waals surface area contributed by atoms with Crippen LogP contribution in [0, 0.1) is 5.92 Å². The van der Waals surface area contributed by atoms with Crippen molar-refractivity contribution in [3.8, 4) is 0 Å². The Kier molecular flexibility index (Phi) is 4.61. The largest absolute Gasteiger partial charge is 0.314 e. The second kappa shape index (κ2) is 6.20. The molecule has 2 atom stereocenters. The minimum Gasteiger partial charge on any atom is -0.314 e. The highest BCUT2D eigenvalue weighted by Crippen LogP contribution is 2.19. The summed E-state index contributed by atoms with van der Waals surface area (Å²) in [7, 11) is 0. The van der Waals surface area contributed by atoms with Gasteiger partial charge in [-0.25, -0.2) is 0 Å². The summed E-state index contributed by atoms with van der Waals surface area (Å²) in [4.78, 5) is 0. The van der Waals surface area contributed by atoms with E-state index in [1.165, 1.54) is 49.8 Å².